The molecule has 27 heavy (non-hydrogen) atoms. The predicted octanol–water partition coefficient (Wildman–Crippen LogP) is 4.12. The smallest absolute Gasteiger partial charge is 0.255 e. The Morgan fingerprint density at radius 2 is 1.85 bits per heavy atom. The summed E-state index contributed by atoms with van der Waals surface area (Å²) in [6, 6.07) is 12.0. The summed E-state index contributed by atoms with van der Waals surface area (Å²) in [6.45, 7) is 6.40. The second-order valence-corrected chi connectivity index (χ2v) is 9.08. The molecule has 1 unspecified atom stereocenters. The van der Waals surface area contributed by atoms with Crippen molar-refractivity contribution >= 4 is 21.6 Å². The van der Waals surface area contributed by atoms with Gasteiger partial charge in [-0.2, -0.15) is 4.31 Å². The highest BCUT2D eigenvalue weighted by Gasteiger charge is 2.31. The summed E-state index contributed by atoms with van der Waals surface area (Å²) in [7, 11) is -3.60. The molecule has 0 aromatic heterocycles. The van der Waals surface area contributed by atoms with Gasteiger partial charge >= 0.3 is 0 Å². The molecule has 1 fully saturated rings. The van der Waals surface area contributed by atoms with E-state index in [2.05, 4.69) is 5.32 Å². The molecule has 144 valence electrons. The number of piperidine rings is 1. The molecule has 2 aromatic carbocycles. The van der Waals surface area contributed by atoms with Crippen molar-refractivity contribution in [2.75, 3.05) is 11.9 Å². The third-order valence-corrected chi connectivity index (χ3v) is 7.31. The van der Waals surface area contributed by atoms with E-state index in [4.69, 9.17) is 0 Å². The van der Waals surface area contributed by atoms with Gasteiger partial charge in [0.05, 0.1) is 4.90 Å². The largest absolute Gasteiger partial charge is 0.322 e. The molecule has 6 heteroatoms. The van der Waals surface area contributed by atoms with Gasteiger partial charge in [0.15, 0.2) is 0 Å². The third-order valence-electron chi connectivity index (χ3n) is 5.30. The van der Waals surface area contributed by atoms with Crippen molar-refractivity contribution in [3.63, 3.8) is 0 Å². The van der Waals surface area contributed by atoms with E-state index in [-0.39, 0.29) is 16.8 Å². The molecule has 1 amide bonds. The minimum absolute atomic E-state index is 0.0174. The van der Waals surface area contributed by atoms with Crippen molar-refractivity contribution < 1.29 is 13.2 Å². The first-order valence-electron chi connectivity index (χ1n) is 9.30. The molecule has 1 saturated heterocycles. The van der Waals surface area contributed by atoms with Crippen LogP contribution >= 0.6 is 0 Å². The van der Waals surface area contributed by atoms with Crippen molar-refractivity contribution in [1.82, 2.24) is 4.31 Å². The van der Waals surface area contributed by atoms with E-state index in [0.29, 0.717) is 12.1 Å². The zero-order valence-corrected chi connectivity index (χ0v) is 16.8. The van der Waals surface area contributed by atoms with Crippen molar-refractivity contribution in [3.8, 4) is 0 Å². The number of amides is 1. The van der Waals surface area contributed by atoms with Crippen LogP contribution < -0.4 is 5.32 Å². The van der Waals surface area contributed by atoms with Gasteiger partial charge in [0.1, 0.15) is 0 Å². The van der Waals surface area contributed by atoms with Gasteiger partial charge in [-0.25, -0.2) is 8.42 Å². The highest BCUT2D eigenvalue weighted by molar-refractivity contribution is 7.89. The predicted molar refractivity (Wildman–Crippen MR) is 108 cm³/mol. The Morgan fingerprint density at radius 3 is 2.59 bits per heavy atom. The van der Waals surface area contributed by atoms with E-state index < -0.39 is 10.0 Å². The number of nitrogens with one attached hydrogen (secondary N) is 1. The number of anilines is 1. The Labute approximate surface area is 161 Å². The lowest BCUT2D eigenvalue weighted by molar-refractivity contribution is 0.102. The first kappa shape index (κ1) is 19.6. The molecule has 1 N–H and O–H groups in total. The lowest BCUT2D eigenvalue weighted by Gasteiger charge is -2.32. The number of carbonyl (C=O) groups excluding carboxylic acids is 1. The van der Waals surface area contributed by atoms with Gasteiger partial charge in [-0.15, -0.1) is 0 Å². The van der Waals surface area contributed by atoms with E-state index in [9.17, 15) is 13.2 Å². The van der Waals surface area contributed by atoms with Crippen molar-refractivity contribution in [1.29, 1.82) is 0 Å². The van der Waals surface area contributed by atoms with Gasteiger partial charge in [0.25, 0.3) is 5.91 Å². The fraction of sp³-hybridized carbons (Fsp3) is 0.381. The van der Waals surface area contributed by atoms with Crippen LogP contribution in [0.15, 0.2) is 47.4 Å². The van der Waals surface area contributed by atoms with E-state index >= 15 is 0 Å². The summed E-state index contributed by atoms with van der Waals surface area (Å²) in [5, 5.41) is 2.89. The first-order chi connectivity index (χ1) is 12.8. The molecule has 0 bridgehead atoms. The first-order valence-corrected chi connectivity index (χ1v) is 10.7. The highest BCUT2D eigenvalue weighted by Crippen LogP contribution is 2.26. The monoisotopic (exact) mass is 386 g/mol. The minimum Gasteiger partial charge on any atom is -0.322 e. The maximum Gasteiger partial charge on any atom is 0.255 e. The number of nitrogens with zero attached hydrogens (tertiary/aromatic N) is 1. The summed E-state index contributed by atoms with van der Waals surface area (Å²) < 4.78 is 27.6. The number of aryl methyl sites for hydroxylation is 1. The molecular weight excluding hydrogens is 360 g/mol. The minimum atomic E-state index is -3.60. The molecule has 2 aromatic rings. The Balaban J connectivity index is 1.86. The highest BCUT2D eigenvalue weighted by atomic mass is 32.2. The lowest BCUT2D eigenvalue weighted by atomic mass is 10.1. The summed E-state index contributed by atoms with van der Waals surface area (Å²) in [5.74, 6) is -0.313. The molecule has 1 aliphatic heterocycles. The summed E-state index contributed by atoms with van der Waals surface area (Å²) in [6.07, 6.45) is 2.79. The average Bonchev–Trinajstić information content (AvgIpc) is 2.65. The molecule has 1 heterocycles. The zero-order chi connectivity index (χ0) is 19.6. The summed E-state index contributed by atoms with van der Waals surface area (Å²) in [5.41, 5.74) is 3.15. The van der Waals surface area contributed by atoms with Crippen molar-refractivity contribution in [2.45, 2.75) is 51.0 Å². The number of hydrogen-bond acceptors (Lipinski definition) is 3. The average molecular weight is 387 g/mol. The molecule has 0 saturated carbocycles. The Bertz CT molecular complexity index is 954. The Morgan fingerprint density at radius 1 is 1.11 bits per heavy atom. The molecule has 1 atom stereocenters. The van der Waals surface area contributed by atoms with Gasteiger partial charge in [-0.05, 0) is 69.0 Å². The standard InChI is InChI=1S/C21H26N2O3S/c1-15-8-6-12-20(17(15)3)22-21(24)18-10-7-11-19(14-18)27(25,26)23-13-5-4-9-16(23)2/h6-8,10-12,14,16H,4-5,9,13H2,1-3H3,(H,22,24). The van der Waals surface area contributed by atoms with Crippen molar-refractivity contribution in [3.05, 3.63) is 59.2 Å². The van der Waals surface area contributed by atoms with Crippen LogP contribution in [0.5, 0.6) is 0 Å². The number of rotatable bonds is 4. The summed E-state index contributed by atoms with van der Waals surface area (Å²) in [4.78, 5) is 12.8. The van der Waals surface area contributed by atoms with Crippen LogP contribution in [-0.4, -0.2) is 31.2 Å². The molecule has 0 radical (unpaired) electrons. The van der Waals surface area contributed by atoms with Gasteiger partial charge in [-0.1, -0.05) is 24.6 Å². The second kappa shape index (κ2) is 7.82. The Hall–Kier alpha value is -2.18. The number of sulfonamides is 1. The van der Waals surface area contributed by atoms with E-state index in [0.717, 1.165) is 36.1 Å². The SMILES string of the molecule is Cc1cccc(NC(=O)c2cccc(S(=O)(=O)N3CCCCC3C)c2)c1C. The lowest BCUT2D eigenvalue weighted by Crippen LogP contribution is -2.41. The molecule has 5 nitrogen and oxygen atoms in total. The van der Waals surface area contributed by atoms with E-state index in [1.54, 1.807) is 22.5 Å². The second-order valence-electron chi connectivity index (χ2n) is 7.19. The number of carbonyl (C=O) groups is 1. The third kappa shape index (κ3) is 4.06. The van der Waals surface area contributed by atoms with Gasteiger partial charge in [0.2, 0.25) is 10.0 Å². The molecule has 3 rings (SSSR count). The van der Waals surface area contributed by atoms with E-state index in [1.165, 1.54) is 6.07 Å². The normalized spacial score (nSPS) is 18.3. The molecular formula is C21H26N2O3S. The van der Waals surface area contributed by atoms with Crippen LogP contribution in [0.1, 0.15) is 47.7 Å². The topological polar surface area (TPSA) is 66.5 Å². The van der Waals surface area contributed by atoms with Crippen LogP contribution in [0.3, 0.4) is 0 Å². The van der Waals surface area contributed by atoms with Gasteiger partial charge < -0.3 is 5.32 Å². The van der Waals surface area contributed by atoms with Crippen LogP contribution in [0.25, 0.3) is 0 Å². The van der Waals surface area contributed by atoms with Gasteiger partial charge in [0, 0.05) is 23.8 Å². The number of hydrogen-bond donors (Lipinski definition) is 1. The fourth-order valence-corrected chi connectivity index (χ4v) is 5.19. The van der Waals surface area contributed by atoms with E-state index in [1.807, 2.05) is 39.0 Å². The van der Waals surface area contributed by atoms with Crippen LogP contribution in [0, 0.1) is 13.8 Å². The zero-order valence-electron chi connectivity index (χ0n) is 16.0. The van der Waals surface area contributed by atoms with Crippen LogP contribution in [0.4, 0.5) is 5.69 Å². The van der Waals surface area contributed by atoms with Crippen molar-refractivity contribution in [2.24, 2.45) is 0 Å². The quantitative estimate of drug-likeness (QED) is 0.859. The van der Waals surface area contributed by atoms with Gasteiger partial charge in [-0.3, -0.25) is 4.79 Å². The molecule has 0 spiro atoms. The fourth-order valence-electron chi connectivity index (χ4n) is 3.44. The maximum atomic E-state index is 13.0. The Kier molecular flexibility index (Phi) is 5.67. The van der Waals surface area contributed by atoms with Crippen LogP contribution in [-0.2, 0) is 10.0 Å². The van der Waals surface area contributed by atoms with Crippen LogP contribution in [0.2, 0.25) is 0 Å². The molecule has 1 aliphatic rings. The maximum absolute atomic E-state index is 13.0. The number of benzene rings is 2. The molecule has 0 aliphatic carbocycles. The summed E-state index contributed by atoms with van der Waals surface area (Å²) >= 11 is 0.